The molecule has 1 aromatic heterocycles. The van der Waals surface area contributed by atoms with Crippen LogP contribution in [0.3, 0.4) is 0 Å². The quantitative estimate of drug-likeness (QED) is 0.682. The first-order chi connectivity index (χ1) is 9.43. The molecule has 1 N–H and O–H groups in total. The van der Waals surface area contributed by atoms with E-state index in [-0.39, 0.29) is 18.3 Å². The van der Waals surface area contributed by atoms with E-state index in [0.717, 1.165) is 5.56 Å². The fraction of sp³-hybridized carbons (Fsp3) is 0.385. The Balaban J connectivity index is 2.62. The minimum Gasteiger partial charge on any atom is -0.388 e. The van der Waals surface area contributed by atoms with E-state index in [1.54, 1.807) is 11.5 Å². The van der Waals surface area contributed by atoms with Crippen molar-refractivity contribution in [1.82, 2.24) is 14.8 Å². The van der Waals surface area contributed by atoms with Crippen LogP contribution in [0.5, 0.6) is 0 Å². The van der Waals surface area contributed by atoms with Crippen molar-refractivity contribution >= 4 is 5.69 Å². The predicted molar refractivity (Wildman–Crippen MR) is 73.2 cm³/mol. The average molecular weight is 276 g/mol. The van der Waals surface area contributed by atoms with E-state index in [9.17, 15) is 15.2 Å². The summed E-state index contributed by atoms with van der Waals surface area (Å²) >= 11 is 0. The van der Waals surface area contributed by atoms with Gasteiger partial charge in [-0.2, -0.15) is 0 Å². The highest BCUT2D eigenvalue weighted by Gasteiger charge is 2.18. The first-order valence-electron chi connectivity index (χ1n) is 6.25. The summed E-state index contributed by atoms with van der Waals surface area (Å²) in [4.78, 5) is 10.5. The van der Waals surface area contributed by atoms with Crippen LogP contribution in [0.1, 0.15) is 31.3 Å². The van der Waals surface area contributed by atoms with E-state index in [2.05, 4.69) is 10.2 Å². The second-order valence-corrected chi connectivity index (χ2v) is 4.88. The molecule has 7 nitrogen and oxygen atoms in total. The summed E-state index contributed by atoms with van der Waals surface area (Å²) in [5, 5.41) is 28.2. The Morgan fingerprint density at radius 2 is 2.05 bits per heavy atom. The molecule has 0 atom stereocenters. The highest BCUT2D eigenvalue weighted by molar-refractivity contribution is 5.61. The molecule has 0 fully saturated rings. The van der Waals surface area contributed by atoms with Gasteiger partial charge in [0.05, 0.1) is 4.92 Å². The number of nitrogens with zero attached hydrogens (tertiary/aromatic N) is 4. The second-order valence-electron chi connectivity index (χ2n) is 4.88. The van der Waals surface area contributed by atoms with Crippen LogP contribution in [0.4, 0.5) is 5.69 Å². The van der Waals surface area contributed by atoms with Gasteiger partial charge in [0.25, 0.3) is 5.69 Å². The topological polar surface area (TPSA) is 94.1 Å². The second kappa shape index (κ2) is 5.38. The molecule has 20 heavy (non-hydrogen) atoms. The number of non-ortho nitro benzene ring substituents is 1. The number of nitro groups is 1. The number of aliphatic hydroxyl groups excluding tert-OH is 1. The van der Waals surface area contributed by atoms with Crippen LogP contribution in [-0.4, -0.2) is 24.8 Å². The van der Waals surface area contributed by atoms with Gasteiger partial charge in [-0.1, -0.05) is 0 Å². The third-order valence-electron chi connectivity index (χ3n) is 2.96. The molecule has 1 aromatic carbocycles. The minimum absolute atomic E-state index is 0.0175. The standard InChI is InChI=1S/C13H16N4O3/c1-8(2)16-12(7-18)14-15-13(16)10-4-9(3)5-11(6-10)17(19)20/h4-6,8,18H,7H2,1-3H3. The monoisotopic (exact) mass is 276 g/mol. The van der Waals surface area contributed by atoms with Crippen molar-refractivity contribution in [2.24, 2.45) is 0 Å². The predicted octanol–water partition coefficient (Wildman–Crippen LogP) is 2.23. The van der Waals surface area contributed by atoms with Crippen LogP contribution in [0.15, 0.2) is 18.2 Å². The molecule has 2 aromatic rings. The van der Waals surface area contributed by atoms with Crippen molar-refractivity contribution in [2.75, 3.05) is 0 Å². The van der Waals surface area contributed by atoms with Crippen molar-refractivity contribution in [3.8, 4) is 11.4 Å². The van der Waals surface area contributed by atoms with E-state index >= 15 is 0 Å². The molecule has 0 bridgehead atoms. The normalized spacial score (nSPS) is 11.1. The summed E-state index contributed by atoms with van der Waals surface area (Å²) in [5.41, 5.74) is 1.42. The first-order valence-corrected chi connectivity index (χ1v) is 6.25. The minimum atomic E-state index is -0.431. The Kier molecular flexibility index (Phi) is 3.80. The lowest BCUT2D eigenvalue weighted by atomic mass is 10.1. The van der Waals surface area contributed by atoms with Crippen LogP contribution in [0.2, 0.25) is 0 Å². The van der Waals surface area contributed by atoms with Crippen LogP contribution in [-0.2, 0) is 6.61 Å². The molecule has 106 valence electrons. The molecular weight excluding hydrogens is 260 g/mol. The highest BCUT2D eigenvalue weighted by Crippen LogP contribution is 2.27. The molecule has 0 amide bonds. The zero-order valence-corrected chi connectivity index (χ0v) is 11.6. The van der Waals surface area contributed by atoms with Crippen LogP contribution in [0, 0.1) is 17.0 Å². The van der Waals surface area contributed by atoms with Gasteiger partial charge in [-0.3, -0.25) is 10.1 Å². The molecule has 0 spiro atoms. The fourth-order valence-electron chi connectivity index (χ4n) is 2.17. The molecule has 0 aliphatic carbocycles. The Morgan fingerprint density at radius 1 is 1.35 bits per heavy atom. The molecule has 0 saturated carbocycles. The van der Waals surface area contributed by atoms with E-state index in [0.29, 0.717) is 17.2 Å². The Bertz CT molecular complexity index is 649. The van der Waals surface area contributed by atoms with E-state index in [4.69, 9.17) is 0 Å². The van der Waals surface area contributed by atoms with Gasteiger partial charge in [0.2, 0.25) is 0 Å². The maximum Gasteiger partial charge on any atom is 0.270 e. The summed E-state index contributed by atoms with van der Waals surface area (Å²) in [6.07, 6.45) is 0. The van der Waals surface area contributed by atoms with Gasteiger partial charge in [0, 0.05) is 23.7 Å². The molecule has 0 radical (unpaired) electrons. The van der Waals surface area contributed by atoms with E-state index < -0.39 is 4.92 Å². The number of aromatic nitrogens is 3. The number of aryl methyl sites for hydroxylation is 1. The third kappa shape index (κ3) is 2.53. The molecule has 2 rings (SSSR count). The maximum atomic E-state index is 10.9. The summed E-state index contributed by atoms with van der Waals surface area (Å²) in [6, 6.07) is 4.84. The highest BCUT2D eigenvalue weighted by atomic mass is 16.6. The molecule has 0 saturated heterocycles. The van der Waals surface area contributed by atoms with Gasteiger partial charge >= 0.3 is 0 Å². The molecule has 7 heteroatoms. The van der Waals surface area contributed by atoms with Crippen molar-refractivity contribution in [3.63, 3.8) is 0 Å². The fourth-order valence-corrected chi connectivity index (χ4v) is 2.17. The van der Waals surface area contributed by atoms with Gasteiger partial charge in [0.1, 0.15) is 6.61 Å². The number of rotatable bonds is 4. The van der Waals surface area contributed by atoms with Gasteiger partial charge in [0.15, 0.2) is 11.6 Å². The Morgan fingerprint density at radius 3 is 2.60 bits per heavy atom. The van der Waals surface area contributed by atoms with Crippen LogP contribution < -0.4 is 0 Å². The lowest BCUT2D eigenvalue weighted by Crippen LogP contribution is -2.08. The molecule has 0 aliphatic rings. The number of aliphatic hydroxyl groups is 1. The zero-order valence-electron chi connectivity index (χ0n) is 11.6. The molecule has 0 aliphatic heterocycles. The number of hydrogen-bond acceptors (Lipinski definition) is 5. The van der Waals surface area contributed by atoms with Crippen molar-refractivity contribution < 1.29 is 10.0 Å². The lowest BCUT2D eigenvalue weighted by molar-refractivity contribution is -0.384. The van der Waals surface area contributed by atoms with Gasteiger partial charge in [-0.15, -0.1) is 10.2 Å². The zero-order chi connectivity index (χ0) is 14.9. The van der Waals surface area contributed by atoms with Crippen molar-refractivity contribution in [1.29, 1.82) is 0 Å². The SMILES string of the molecule is Cc1cc(-c2nnc(CO)n2C(C)C)cc([N+](=O)[O-])c1. The summed E-state index contributed by atoms with van der Waals surface area (Å²) < 4.78 is 1.78. The van der Waals surface area contributed by atoms with E-state index in [1.807, 2.05) is 19.9 Å². The number of hydrogen-bond donors (Lipinski definition) is 1. The Hall–Kier alpha value is -2.28. The van der Waals surface area contributed by atoms with Crippen molar-refractivity contribution in [2.45, 2.75) is 33.4 Å². The largest absolute Gasteiger partial charge is 0.388 e. The summed E-state index contributed by atoms with van der Waals surface area (Å²) in [6.45, 7) is 5.45. The van der Waals surface area contributed by atoms with Crippen molar-refractivity contribution in [3.05, 3.63) is 39.7 Å². The van der Waals surface area contributed by atoms with Gasteiger partial charge in [-0.05, 0) is 32.4 Å². The maximum absolute atomic E-state index is 10.9. The molecular formula is C13H16N4O3. The Labute approximate surface area is 116 Å². The molecule has 1 heterocycles. The van der Waals surface area contributed by atoms with E-state index in [1.165, 1.54) is 12.1 Å². The first kappa shape index (κ1) is 14.1. The summed E-state index contributed by atoms with van der Waals surface area (Å²) in [7, 11) is 0. The number of benzene rings is 1. The lowest BCUT2D eigenvalue weighted by Gasteiger charge is -2.13. The molecule has 0 unspecified atom stereocenters. The average Bonchev–Trinajstić information content (AvgIpc) is 2.81. The van der Waals surface area contributed by atoms with Crippen LogP contribution in [0.25, 0.3) is 11.4 Å². The third-order valence-corrected chi connectivity index (χ3v) is 2.96. The van der Waals surface area contributed by atoms with Gasteiger partial charge in [-0.25, -0.2) is 0 Å². The van der Waals surface area contributed by atoms with Gasteiger partial charge < -0.3 is 9.67 Å². The number of nitro benzene ring substituents is 1. The van der Waals surface area contributed by atoms with Crippen LogP contribution >= 0.6 is 0 Å². The smallest absolute Gasteiger partial charge is 0.270 e. The summed E-state index contributed by atoms with van der Waals surface area (Å²) in [5.74, 6) is 0.968.